The van der Waals surface area contributed by atoms with Gasteiger partial charge in [0.05, 0.1) is 16.8 Å². The summed E-state index contributed by atoms with van der Waals surface area (Å²) in [7, 11) is 0. The molecule has 1 amide bonds. The number of benzene rings is 3. The molecule has 3 aromatic rings. The highest BCUT2D eigenvalue weighted by atomic mass is 35.5. The van der Waals surface area contributed by atoms with Gasteiger partial charge in [0, 0.05) is 22.7 Å². The third-order valence-corrected chi connectivity index (χ3v) is 6.68. The Bertz CT molecular complexity index is 1230. The molecule has 1 aliphatic heterocycles. The molecule has 0 unspecified atom stereocenters. The van der Waals surface area contributed by atoms with Crippen LogP contribution in [0.25, 0.3) is 0 Å². The zero-order valence-corrected chi connectivity index (χ0v) is 19.8. The van der Waals surface area contributed by atoms with Crippen LogP contribution in [0.1, 0.15) is 46.8 Å². The van der Waals surface area contributed by atoms with Crippen LogP contribution < -0.4 is 5.32 Å². The molecule has 0 spiro atoms. The number of carbonyl (C=O) groups is 2. The van der Waals surface area contributed by atoms with Crippen LogP contribution in [0.3, 0.4) is 0 Å². The van der Waals surface area contributed by atoms with E-state index >= 15 is 0 Å². The topological polar surface area (TPSA) is 49.4 Å². The lowest BCUT2D eigenvalue weighted by atomic mass is 9.95. The molecule has 1 N–H and O–H groups in total. The van der Waals surface area contributed by atoms with Gasteiger partial charge in [0.1, 0.15) is 0 Å². The molecule has 0 bridgehead atoms. The van der Waals surface area contributed by atoms with Gasteiger partial charge in [-0.05, 0) is 62.2 Å². The van der Waals surface area contributed by atoms with Crippen LogP contribution in [0.4, 0.5) is 18.9 Å². The molecule has 0 aromatic heterocycles. The van der Waals surface area contributed by atoms with Crippen molar-refractivity contribution >= 4 is 29.0 Å². The largest absolute Gasteiger partial charge is 0.416 e. The van der Waals surface area contributed by atoms with Crippen molar-refractivity contribution in [2.75, 3.05) is 11.9 Å². The summed E-state index contributed by atoms with van der Waals surface area (Å²) < 4.78 is 38.7. The minimum atomic E-state index is -4.39. The first-order valence-corrected chi connectivity index (χ1v) is 11.6. The third kappa shape index (κ3) is 5.41. The number of halogens is 4. The molecule has 0 aliphatic carbocycles. The second kappa shape index (κ2) is 9.84. The molecular formula is C27H24ClF3N2O2. The number of hydrogen-bond acceptors (Lipinski definition) is 3. The Balaban J connectivity index is 1.55. The second-order valence-corrected chi connectivity index (χ2v) is 9.27. The Morgan fingerprint density at radius 3 is 2.37 bits per heavy atom. The summed E-state index contributed by atoms with van der Waals surface area (Å²) in [5.41, 5.74) is 0.201. The third-order valence-electron chi connectivity index (χ3n) is 6.44. The normalized spacial score (nSPS) is 18.4. The van der Waals surface area contributed by atoms with Gasteiger partial charge >= 0.3 is 6.18 Å². The van der Waals surface area contributed by atoms with Gasteiger partial charge in [-0.3, -0.25) is 14.5 Å². The van der Waals surface area contributed by atoms with Gasteiger partial charge in [-0.15, -0.1) is 0 Å². The average molecular weight is 501 g/mol. The highest BCUT2D eigenvalue weighted by Crippen LogP contribution is 2.34. The van der Waals surface area contributed by atoms with E-state index in [4.69, 9.17) is 11.6 Å². The monoisotopic (exact) mass is 500 g/mol. The van der Waals surface area contributed by atoms with E-state index in [2.05, 4.69) is 5.32 Å². The van der Waals surface area contributed by atoms with Gasteiger partial charge in [-0.1, -0.05) is 54.1 Å². The number of likely N-dealkylation sites (tertiary alicyclic amines) is 1. The van der Waals surface area contributed by atoms with E-state index in [-0.39, 0.29) is 17.3 Å². The lowest BCUT2D eigenvalue weighted by Gasteiger charge is -2.34. The summed E-state index contributed by atoms with van der Waals surface area (Å²) in [6.45, 7) is 2.77. The van der Waals surface area contributed by atoms with Gasteiger partial charge in [0.25, 0.3) is 0 Å². The number of nitrogens with one attached hydrogen (secondary N) is 1. The van der Waals surface area contributed by atoms with Crippen molar-refractivity contribution in [2.45, 2.75) is 38.0 Å². The predicted octanol–water partition coefficient (Wildman–Crippen LogP) is 6.58. The maximum Gasteiger partial charge on any atom is 0.416 e. The Kier molecular flexibility index (Phi) is 7.01. The van der Waals surface area contributed by atoms with E-state index in [0.29, 0.717) is 41.3 Å². The van der Waals surface area contributed by atoms with Crippen LogP contribution in [0.15, 0.2) is 72.8 Å². The predicted molar refractivity (Wildman–Crippen MR) is 129 cm³/mol. The smallest absolute Gasteiger partial charge is 0.324 e. The van der Waals surface area contributed by atoms with Crippen LogP contribution >= 0.6 is 11.6 Å². The van der Waals surface area contributed by atoms with Crippen molar-refractivity contribution in [3.05, 3.63) is 100 Å². The van der Waals surface area contributed by atoms with Crippen molar-refractivity contribution in [1.29, 1.82) is 0 Å². The van der Waals surface area contributed by atoms with E-state index in [1.54, 1.807) is 36.4 Å². The minimum Gasteiger partial charge on any atom is -0.324 e. The highest BCUT2D eigenvalue weighted by molar-refractivity contribution is 6.31. The molecule has 1 fully saturated rings. The molecular weight excluding hydrogens is 477 g/mol. The Morgan fingerprint density at radius 1 is 1.03 bits per heavy atom. The zero-order valence-electron chi connectivity index (χ0n) is 19.0. The van der Waals surface area contributed by atoms with Gasteiger partial charge in [0.2, 0.25) is 5.91 Å². The number of alkyl halides is 3. The van der Waals surface area contributed by atoms with Gasteiger partial charge in [0.15, 0.2) is 5.78 Å². The van der Waals surface area contributed by atoms with Crippen LogP contribution in [0.5, 0.6) is 0 Å². The lowest BCUT2D eigenvalue weighted by molar-refractivity contribution is -0.137. The maximum absolute atomic E-state index is 13.5. The van der Waals surface area contributed by atoms with Crippen molar-refractivity contribution in [3.63, 3.8) is 0 Å². The first-order valence-electron chi connectivity index (χ1n) is 11.2. The fourth-order valence-corrected chi connectivity index (χ4v) is 4.54. The first kappa shape index (κ1) is 24.9. The van der Waals surface area contributed by atoms with E-state index in [1.165, 1.54) is 18.2 Å². The first-order chi connectivity index (χ1) is 16.6. The summed E-state index contributed by atoms with van der Waals surface area (Å²) in [5.74, 6) is -0.548. The summed E-state index contributed by atoms with van der Waals surface area (Å²) in [6.07, 6.45) is -3.05. The number of hydrogen-bond donors (Lipinski definition) is 1. The molecule has 8 heteroatoms. The molecule has 1 saturated heterocycles. The summed E-state index contributed by atoms with van der Waals surface area (Å²) >= 11 is 6.15. The lowest BCUT2D eigenvalue weighted by Crippen LogP contribution is -2.50. The molecule has 182 valence electrons. The fraction of sp³-hybridized carbons (Fsp3) is 0.259. The quantitative estimate of drug-likeness (QED) is 0.389. The molecule has 0 saturated carbocycles. The number of anilines is 1. The summed E-state index contributed by atoms with van der Waals surface area (Å²) in [4.78, 5) is 28.5. The van der Waals surface area contributed by atoms with Gasteiger partial charge in [-0.2, -0.15) is 13.2 Å². The van der Waals surface area contributed by atoms with Crippen LogP contribution in [0.2, 0.25) is 5.02 Å². The number of ketones is 1. The molecule has 3 aromatic carbocycles. The summed E-state index contributed by atoms with van der Waals surface area (Å²) in [6, 6.07) is 18.4. The van der Waals surface area contributed by atoms with Crippen molar-refractivity contribution in [2.24, 2.45) is 0 Å². The highest BCUT2D eigenvalue weighted by Gasteiger charge is 2.43. The van der Waals surface area contributed by atoms with Crippen molar-refractivity contribution in [1.82, 2.24) is 4.90 Å². The molecule has 0 radical (unpaired) electrons. The van der Waals surface area contributed by atoms with Crippen LogP contribution in [-0.4, -0.2) is 28.7 Å². The molecule has 4 nitrogen and oxygen atoms in total. The molecule has 1 heterocycles. The number of nitrogens with zero attached hydrogens (tertiary/aromatic N) is 1. The molecule has 4 rings (SSSR count). The number of amides is 1. The van der Waals surface area contributed by atoms with Crippen molar-refractivity contribution in [3.8, 4) is 0 Å². The summed E-state index contributed by atoms with van der Waals surface area (Å²) in [5, 5.41) is 3.28. The number of rotatable bonds is 6. The van der Waals surface area contributed by atoms with E-state index in [9.17, 15) is 22.8 Å². The molecule has 1 atom stereocenters. The minimum absolute atomic E-state index is 0.262. The zero-order chi connectivity index (χ0) is 25.2. The van der Waals surface area contributed by atoms with E-state index < -0.39 is 17.3 Å². The SMILES string of the molecule is C[C@]1(C(=O)Nc2ccc(Cl)cc2C(=O)c2ccccc2)CCCN1Cc1ccc(C(F)(F)F)cc1. The Labute approximate surface area is 206 Å². The molecule has 1 aliphatic rings. The number of carbonyl (C=O) groups excluding carboxylic acids is 2. The Hall–Kier alpha value is -3.16. The van der Waals surface area contributed by atoms with Gasteiger partial charge in [-0.25, -0.2) is 0 Å². The van der Waals surface area contributed by atoms with Crippen LogP contribution in [-0.2, 0) is 17.5 Å². The van der Waals surface area contributed by atoms with Crippen LogP contribution in [0, 0.1) is 0 Å². The van der Waals surface area contributed by atoms with Gasteiger partial charge < -0.3 is 5.32 Å². The maximum atomic E-state index is 13.5. The Morgan fingerprint density at radius 2 is 1.71 bits per heavy atom. The van der Waals surface area contributed by atoms with E-state index in [0.717, 1.165) is 18.6 Å². The van der Waals surface area contributed by atoms with Crippen molar-refractivity contribution < 1.29 is 22.8 Å². The van der Waals surface area contributed by atoms with E-state index in [1.807, 2.05) is 17.9 Å². The fourth-order valence-electron chi connectivity index (χ4n) is 4.36. The standard InChI is InChI=1S/C27H24ClF3N2O2/c1-26(14-5-15-33(26)17-18-8-10-20(11-9-18)27(29,30)31)25(35)32-23-13-12-21(28)16-22(23)24(34)19-6-3-2-4-7-19/h2-4,6-13,16H,5,14-15,17H2,1H3,(H,32,35)/t26-/m1/s1. The molecule has 35 heavy (non-hydrogen) atoms. The second-order valence-electron chi connectivity index (χ2n) is 8.83. The average Bonchev–Trinajstić information content (AvgIpc) is 3.21.